The van der Waals surface area contributed by atoms with Crippen molar-refractivity contribution in [3.8, 4) is 0 Å². The highest BCUT2D eigenvalue weighted by atomic mass is 35.5. The molecule has 1 heterocycles. The van der Waals surface area contributed by atoms with E-state index in [1.807, 2.05) is 19.1 Å². The number of aliphatic hydroxyl groups excluding tert-OH is 1. The van der Waals surface area contributed by atoms with Crippen LogP contribution in [0.1, 0.15) is 13.3 Å². The van der Waals surface area contributed by atoms with Gasteiger partial charge in [0.05, 0.1) is 20.6 Å². The maximum absolute atomic E-state index is 9.87. The number of likely N-dealkylation sites (N-methyl/N-ethyl adjacent to an activating group) is 1. The first-order valence-corrected chi connectivity index (χ1v) is 6.53. The number of anilines is 2. The first-order chi connectivity index (χ1) is 8.41. The number of nitrogen functional groups attached to an aromatic ring is 1. The Labute approximate surface area is 121 Å². The van der Waals surface area contributed by atoms with Gasteiger partial charge in [-0.1, -0.05) is 0 Å². The normalized spacial score (nSPS) is 21.1. The fraction of sp³-hybridized carbons (Fsp3) is 0.571. The number of nitrogens with two attached hydrogens (primary N) is 1. The number of hydrogen-bond donors (Lipinski definition) is 2. The summed E-state index contributed by atoms with van der Waals surface area (Å²) >= 11 is 0. The van der Waals surface area contributed by atoms with Crippen molar-refractivity contribution in [1.82, 2.24) is 0 Å². The summed E-state index contributed by atoms with van der Waals surface area (Å²) in [5.74, 6) is 0. The van der Waals surface area contributed by atoms with Crippen LogP contribution >= 0.6 is 0 Å². The van der Waals surface area contributed by atoms with Gasteiger partial charge in [-0.05, 0) is 24.3 Å². The van der Waals surface area contributed by atoms with E-state index in [9.17, 15) is 5.11 Å². The second-order valence-corrected chi connectivity index (χ2v) is 5.74. The Bertz CT molecular complexity index is 406. The van der Waals surface area contributed by atoms with Crippen molar-refractivity contribution in [3.05, 3.63) is 24.3 Å². The summed E-state index contributed by atoms with van der Waals surface area (Å²) < 4.78 is 0.658. The van der Waals surface area contributed by atoms with E-state index in [0.29, 0.717) is 10.5 Å². The number of aliphatic hydroxyl groups is 1. The predicted molar refractivity (Wildman–Crippen MR) is 75.3 cm³/mol. The van der Waals surface area contributed by atoms with E-state index >= 15 is 0 Å². The van der Waals surface area contributed by atoms with Crippen LogP contribution in [0, 0.1) is 0 Å². The first kappa shape index (κ1) is 16.1. The van der Waals surface area contributed by atoms with Gasteiger partial charge in [0, 0.05) is 31.3 Å². The molecule has 1 saturated heterocycles. The number of benzene rings is 1. The molecule has 0 aromatic heterocycles. The van der Waals surface area contributed by atoms with Gasteiger partial charge in [-0.15, -0.1) is 0 Å². The molecular weight excluding hydrogens is 262 g/mol. The van der Waals surface area contributed by atoms with Crippen LogP contribution in [-0.2, 0) is 0 Å². The number of hydrogen-bond acceptors (Lipinski definition) is 3. The Morgan fingerprint density at radius 3 is 2.42 bits per heavy atom. The SMILES string of the molecule is CC(O)[N+](C)(C)C1CCN(c2ccc(N)cc2)C1.[Cl-]. The molecule has 0 spiro atoms. The monoisotopic (exact) mass is 285 g/mol. The Kier molecular flexibility index (Phi) is 5.07. The van der Waals surface area contributed by atoms with Gasteiger partial charge in [-0.25, -0.2) is 0 Å². The van der Waals surface area contributed by atoms with E-state index in [0.717, 1.165) is 25.2 Å². The van der Waals surface area contributed by atoms with Crippen LogP contribution in [0.5, 0.6) is 0 Å². The van der Waals surface area contributed by atoms with E-state index in [-0.39, 0.29) is 18.6 Å². The van der Waals surface area contributed by atoms with Gasteiger partial charge in [0.2, 0.25) is 0 Å². The molecule has 1 aromatic carbocycles. The molecule has 1 aliphatic heterocycles. The number of rotatable bonds is 3. The molecule has 1 aliphatic rings. The van der Waals surface area contributed by atoms with E-state index in [1.165, 1.54) is 5.69 Å². The Hall–Kier alpha value is -0.970. The Morgan fingerprint density at radius 2 is 1.89 bits per heavy atom. The molecule has 4 nitrogen and oxygen atoms in total. The van der Waals surface area contributed by atoms with Crippen molar-refractivity contribution in [1.29, 1.82) is 0 Å². The standard InChI is InChI=1S/C14H24N3O.ClH/c1-11(18)17(2,3)14-8-9-16(10-14)13-6-4-12(15)5-7-13;/h4-7,11,14,18H,8-10,15H2,1-3H3;1H/q+1;/p-1. The third kappa shape index (κ3) is 3.32. The van der Waals surface area contributed by atoms with Crippen molar-refractivity contribution in [2.24, 2.45) is 0 Å². The van der Waals surface area contributed by atoms with Crippen LogP contribution in [0.3, 0.4) is 0 Å². The molecule has 0 aliphatic carbocycles. The maximum Gasteiger partial charge on any atom is 0.187 e. The average molecular weight is 286 g/mol. The van der Waals surface area contributed by atoms with Crippen LogP contribution in [0.4, 0.5) is 11.4 Å². The highest BCUT2D eigenvalue weighted by molar-refractivity contribution is 5.53. The van der Waals surface area contributed by atoms with E-state index in [4.69, 9.17) is 5.73 Å². The summed E-state index contributed by atoms with van der Waals surface area (Å²) in [6.07, 6.45) is 0.781. The molecular formula is C14H24ClN3O. The summed E-state index contributed by atoms with van der Waals surface area (Å²) in [5.41, 5.74) is 7.73. The average Bonchev–Trinajstić information content (AvgIpc) is 2.79. The van der Waals surface area contributed by atoms with Gasteiger partial charge in [-0.3, -0.25) is 4.48 Å². The van der Waals surface area contributed by atoms with Crippen LogP contribution in [0.2, 0.25) is 0 Å². The molecule has 19 heavy (non-hydrogen) atoms. The van der Waals surface area contributed by atoms with Crippen LogP contribution in [-0.4, -0.2) is 49.0 Å². The number of nitrogens with zero attached hydrogens (tertiary/aromatic N) is 2. The largest absolute Gasteiger partial charge is 1.00 e. The van der Waals surface area contributed by atoms with Crippen molar-refractivity contribution >= 4 is 11.4 Å². The van der Waals surface area contributed by atoms with Crippen molar-refractivity contribution in [3.63, 3.8) is 0 Å². The zero-order chi connectivity index (χ0) is 13.3. The van der Waals surface area contributed by atoms with Crippen LogP contribution in [0.15, 0.2) is 24.3 Å². The van der Waals surface area contributed by atoms with Gasteiger partial charge in [0.25, 0.3) is 0 Å². The fourth-order valence-corrected chi connectivity index (χ4v) is 2.51. The van der Waals surface area contributed by atoms with Crippen LogP contribution in [0.25, 0.3) is 0 Å². The van der Waals surface area contributed by atoms with E-state index in [2.05, 4.69) is 31.1 Å². The van der Waals surface area contributed by atoms with Gasteiger partial charge in [-0.2, -0.15) is 0 Å². The van der Waals surface area contributed by atoms with Crippen molar-refractivity contribution in [2.75, 3.05) is 37.8 Å². The summed E-state index contributed by atoms with van der Waals surface area (Å²) in [6, 6.07) is 8.50. The molecule has 108 valence electrons. The third-order valence-corrected chi connectivity index (χ3v) is 4.33. The number of halogens is 1. The Morgan fingerprint density at radius 1 is 1.32 bits per heavy atom. The smallest absolute Gasteiger partial charge is 0.187 e. The minimum absolute atomic E-state index is 0. The molecule has 1 fully saturated rings. The molecule has 0 saturated carbocycles. The highest BCUT2D eigenvalue weighted by Crippen LogP contribution is 2.26. The fourth-order valence-electron chi connectivity index (χ4n) is 2.51. The molecule has 2 atom stereocenters. The topological polar surface area (TPSA) is 49.5 Å². The van der Waals surface area contributed by atoms with Crippen molar-refractivity contribution in [2.45, 2.75) is 25.6 Å². The van der Waals surface area contributed by atoms with Crippen LogP contribution < -0.4 is 23.0 Å². The molecule has 2 rings (SSSR count). The van der Waals surface area contributed by atoms with E-state index < -0.39 is 0 Å². The van der Waals surface area contributed by atoms with Gasteiger partial charge < -0.3 is 28.1 Å². The lowest BCUT2D eigenvalue weighted by atomic mass is 10.2. The quantitative estimate of drug-likeness (QED) is 0.394. The first-order valence-electron chi connectivity index (χ1n) is 6.53. The molecule has 3 N–H and O–H groups in total. The lowest BCUT2D eigenvalue weighted by molar-refractivity contribution is -0.954. The molecule has 0 bridgehead atoms. The number of quaternary nitrogens is 1. The molecule has 0 radical (unpaired) electrons. The second-order valence-electron chi connectivity index (χ2n) is 5.74. The highest BCUT2D eigenvalue weighted by Gasteiger charge is 2.37. The summed E-state index contributed by atoms with van der Waals surface area (Å²) in [6.45, 7) is 3.90. The lowest BCUT2D eigenvalue weighted by Crippen LogP contribution is -3.00. The summed E-state index contributed by atoms with van der Waals surface area (Å²) in [4.78, 5) is 2.37. The minimum Gasteiger partial charge on any atom is -1.00 e. The third-order valence-electron chi connectivity index (χ3n) is 4.33. The van der Waals surface area contributed by atoms with E-state index in [1.54, 1.807) is 0 Å². The maximum atomic E-state index is 9.87. The Balaban J connectivity index is 0.00000180. The molecule has 1 aromatic rings. The zero-order valence-corrected chi connectivity index (χ0v) is 12.6. The van der Waals surface area contributed by atoms with Gasteiger partial charge in [0.15, 0.2) is 6.23 Å². The zero-order valence-electron chi connectivity index (χ0n) is 11.9. The van der Waals surface area contributed by atoms with Gasteiger partial charge >= 0.3 is 0 Å². The molecule has 0 amide bonds. The van der Waals surface area contributed by atoms with Gasteiger partial charge in [0.1, 0.15) is 6.04 Å². The predicted octanol–water partition coefficient (Wildman–Crippen LogP) is -1.73. The lowest BCUT2D eigenvalue weighted by Gasteiger charge is -2.38. The molecule has 2 unspecified atom stereocenters. The van der Waals surface area contributed by atoms with Crippen molar-refractivity contribution < 1.29 is 22.0 Å². The summed E-state index contributed by atoms with van der Waals surface area (Å²) in [7, 11) is 4.20. The molecule has 5 heteroatoms. The second kappa shape index (κ2) is 5.99. The minimum atomic E-state index is -0.332. The summed E-state index contributed by atoms with van der Waals surface area (Å²) in [5, 5.41) is 9.87.